The smallest absolute Gasteiger partial charge is 0.254 e. The first-order valence-electron chi connectivity index (χ1n) is 6.81. The van der Waals surface area contributed by atoms with Gasteiger partial charge in [0.05, 0.1) is 36.3 Å². The number of anilines is 2. The van der Waals surface area contributed by atoms with E-state index in [0.29, 0.717) is 25.1 Å². The van der Waals surface area contributed by atoms with Crippen LogP contribution in [-0.2, 0) is 4.79 Å². The van der Waals surface area contributed by atoms with Gasteiger partial charge in [-0.3, -0.25) is 4.79 Å². The van der Waals surface area contributed by atoms with Gasteiger partial charge in [0.25, 0.3) is 5.91 Å². The van der Waals surface area contributed by atoms with E-state index in [9.17, 15) is 9.18 Å². The number of hydrogen-bond donors (Lipinski definition) is 3. The van der Waals surface area contributed by atoms with E-state index in [2.05, 4.69) is 15.6 Å². The maximum Gasteiger partial charge on any atom is 0.254 e. The van der Waals surface area contributed by atoms with E-state index in [1.54, 1.807) is 6.20 Å². The van der Waals surface area contributed by atoms with Crippen molar-refractivity contribution in [3.8, 4) is 0 Å². The quantitative estimate of drug-likeness (QED) is 0.727. The molecule has 0 aliphatic carbocycles. The molecule has 0 radical (unpaired) electrons. The van der Waals surface area contributed by atoms with Crippen molar-refractivity contribution in [2.24, 2.45) is 0 Å². The van der Waals surface area contributed by atoms with Gasteiger partial charge in [-0.15, -0.1) is 0 Å². The number of hydrogen-bond acceptors (Lipinski definition) is 5. The van der Waals surface area contributed by atoms with Crippen molar-refractivity contribution < 1.29 is 9.18 Å². The number of nitrogens with one attached hydrogen (secondary N) is 3. The molecule has 0 saturated carbocycles. The van der Waals surface area contributed by atoms with Gasteiger partial charge in [0, 0.05) is 12.7 Å². The van der Waals surface area contributed by atoms with Crippen LogP contribution in [0.25, 0.3) is 0 Å². The largest absolute Gasteiger partial charge is 0.360 e. The molecule has 7 heteroatoms. The third-order valence-electron chi connectivity index (χ3n) is 3.58. The first kappa shape index (κ1) is 13.5. The third-order valence-corrected chi connectivity index (χ3v) is 3.58. The summed E-state index contributed by atoms with van der Waals surface area (Å²) in [6, 6.07) is 3.64. The molecule has 1 atom stereocenters. The molecule has 2 aliphatic rings. The number of carbonyl (C=O) groups is 1. The molecule has 21 heavy (non-hydrogen) atoms. The van der Waals surface area contributed by atoms with Gasteiger partial charge in [-0.25, -0.2) is 9.37 Å². The van der Waals surface area contributed by atoms with Crippen molar-refractivity contribution >= 4 is 23.1 Å². The van der Waals surface area contributed by atoms with Crippen LogP contribution in [0.15, 0.2) is 30.1 Å². The molecule has 0 spiro atoms. The molecule has 0 unspecified atom stereocenters. The van der Waals surface area contributed by atoms with Gasteiger partial charge in [-0.1, -0.05) is 0 Å². The summed E-state index contributed by atoms with van der Waals surface area (Å²) in [5.41, 5.74) is 1.32. The lowest BCUT2D eigenvalue weighted by Crippen LogP contribution is -2.20. The van der Waals surface area contributed by atoms with Crippen LogP contribution in [0, 0.1) is 5.41 Å². The minimum Gasteiger partial charge on any atom is -0.360 e. The fourth-order valence-corrected chi connectivity index (χ4v) is 2.39. The SMILES string of the molecule is N=C1CNC(=O)/C1=C/Nc1ccc(N2CC[C@H](F)C2)nc1. The second-order valence-corrected chi connectivity index (χ2v) is 5.10. The molecule has 3 heterocycles. The highest BCUT2D eigenvalue weighted by Crippen LogP contribution is 2.21. The van der Waals surface area contributed by atoms with E-state index in [0.717, 1.165) is 11.5 Å². The standard InChI is InChI=1S/C14H16FN5O/c15-9-3-4-20(8-9)13-2-1-10(5-18-13)17-6-11-12(16)7-19-14(11)21/h1-2,5-6,9,16-17H,3-4,7-8H2,(H,19,21)/b11-6+,16-12?/t9-/m0/s1. The third kappa shape index (κ3) is 2.86. The number of amides is 1. The zero-order chi connectivity index (χ0) is 14.8. The molecule has 6 nitrogen and oxygen atoms in total. The van der Waals surface area contributed by atoms with Gasteiger partial charge in [0.2, 0.25) is 0 Å². The van der Waals surface area contributed by atoms with Gasteiger partial charge in [0.15, 0.2) is 0 Å². The van der Waals surface area contributed by atoms with Crippen LogP contribution >= 0.6 is 0 Å². The van der Waals surface area contributed by atoms with E-state index in [-0.39, 0.29) is 18.2 Å². The Morgan fingerprint density at radius 2 is 2.38 bits per heavy atom. The lowest BCUT2D eigenvalue weighted by molar-refractivity contribution is -0.116. The Hall–Kier alpha value is -2.44. The molecule has 3 rings (SSSR count). The van der Waals surface area contributed by atoms with Crippen molar-refractivity contribution in [2.75, 3.05) is 29.9 Å². The first-order valence-corrected chi connectivity index (χ1v) is 6.81. The van der Waals surface area contributed by atoms with E-state index >= 15 is 0 Å². The van der Waals surface area contributed by atoms with E-state index in [1.165, 1.54) is 6.20 Å². The van der Waals surface area contributed by atoms with Crippen LogP contribution in [-0.4, -0.2) is 42.4 Å². The van der Waals surface area contributed by atoms with E-state index in [1.807, 2.05) is 17.0 Å². The summed E-state index contributed by atoms with van der Waals surface area (Å²) in [7, 11) is 0. The second kappa shape index (κ2) is 5.51. The van der Waals surface area contributed by atoms with Crippen LogP contribution in [0.5, 0.6) is 0 Å². The van der Waals surface area contributed by atoms with Gasteiger partial charge >= 0.3 is 0 Å². The molecular weight excluding hydrogens is 273 g/mol. The van der Waals surface area contributed by atoms with E-state index in [4.69, 9.17) is 5.41 Å². The predicted octanol–water partition coefficient (Wildman–Crippen LogP) is 1.08. The number of pyridine rings is 1. The molecule has 1 aromatic heterocycles. The van der Waals surface area contributed by atoms with Crippen molar-refractivity contribution in [1.82, 2.24) is 10.3 Å². The Kier molecular flexibility index (Phi) is 3.55. The fourth-order valence-electron chi connectivity index (χ4n) is 2.39. The average Bonchev–Trinajstić information content (AvgIpc) is 3.05. The van der Waals surface area contributed by atoms with Crippen molar-refractivity contribution in [1.29, 1.82) is 5.41 Å². The molecule has 2 saturated heterocycles. The molecule has 0 bridgehead atoms. The topological polar surface area (TPSA) is 81.1 Å². The Morgan fingerprint density at radius 3 is 2.95 bits per heavy atom. The Bertz CT molecular complexity index is 580. The highest BCUT2D eigenvalue weighted by atomic mass is 19.1. The average molecular weight is 289 g/mol. The van der Waals surface area contributed by atoms with Crippen LogP contribution in [0.3, 0.4) is 0 Å². The zero-order valence-corrected chi connectivity index (χ0v) is 11.4. The van der Waals surface area contributed by atoms with Crippen LogP contribution in [0.1, 0.15) is 6.42 Å². The predicted molar refractivity (Wildman–Crippen MR) is 78.4 cm³/mol. The summed E-state index contributed by atoms with van der Waals surface area (Å²) >= 11 is 0. The van der Waals surface area contributed by atoms with Crippen molar-refractivity contribution in [2.45, 2.75) is 12.6 Å². The molecule has 1 aromatic rings. The second-order valence-electron chi connectivity index (χ2n) is 5.10. The van der Waals surface area contributed by atoms with Crippen molar-refractivity contribution in [3.63, 3.8) is 0 Å². The number of aromatic nitrogens is 1. The number of alkyl halides is 1. The Balaban J connectivity index is 1.66. The molecule has 2 aliphatic heterocycles. The summed E-state index contributed by atoms with van der Waals surface area (Å²) in [5.74, 6) is 0.503. The monoisotopic (exact) mass is 289 g/mol. The molecule has 0 aromatic carbocycles. The summed E-state index contributed by atoms with van der Waals surface area (Å²) < 4.78 is 13.2. The molecule has 2 fully saturated rings. The maximum absolute atomic E-state index is 13.2. The Morgan fingerprint density at radius 1 is 1.52 bits per heavy atom. The number of halogens is 1. The Labute approximate surface area is 121 Å². The first-order chi connectivity index (χ1) is 10.1. The minimum absolute atomic E-state index is 0.247. The summed E-state index contributed by atoms with van der Waals surface area (Å²) in [6.07, 6.45) is 2.91. The summed E-state index contributed by atoms with van der Waals surface area (Å²) in [6.45, 7) is 1.34. The van der Waals surface area contributed by atoms with Crippen LogP contribution in [0.2, 0.25) is 0 Å². The summed E-state index contributed by atoms with van der Waals surface area (Å²) in [4.78, 5) is 17.6. The van der Waals surface area contributed by atoms with E-state index < -0.39 is 6.17 Å². The number of rotatable bonds is 3. The van der Waals surface area contributed by atoms with Gasteiger partial charge in [-0.05, 0) is 18.6 Å². The lowest BCUT2D eigenvalue weighted by Gasteiger charge is -2.16. The lowest BCUT2D eigenvalue weighted by atomic mass is 10.2. The molecule has 3 N–H and O–H groups in total. The fraction of sp³-hybridized carbons (Fsp3) is 0.357. The van der Waals surface area contributed by atoms with Crippen molar-refractivity contribution in [3.05, 3.63) is 30.1 Å². The van der Waals surface area contributed by atoms with Gasteiger partial charge in [0.1, 0.15) is 12.0 Å². The van der Waals surface area contributed by atoms with Gasteiger partial charge < -0.3 is 20.9 Å². The normalized spacial score (nSPS) is 23.8. The number of carbonyl (C=O) groups excluding carboxylic acids is 1. The van der Waals surface area contributed by atoms with Crippen LogP contribution < -0.4 is 15.5 Å². The van der Waals surface area contributed by atoms with Crippen LogP contribution in [0.4, 0.5) is 15.9 Å². The summed E-state index contributed by atoms with van der Waals surface area (Å²) in [5, 5.41) is 13.2. The highest BCUT2D eigenvalue weighted by Gasteiger charge is 2.23. The molecule has 1 amide bonds. The maximum atomic E-state index is 13.2. The molecular formula is C14H16FN5O. The minimum atomic E-state index is -0.777. The number of nitrogens with zero attached hydrogens (tertiary/aromatic N) is 2. The zero-order valence-electron chi connectivity index (χ0n) is 11.4. The highest BCUT2D eigenvalue weighted by molar-refractivity contribution is 6.26. The van der Waals surface area contributed by atoms with Gasteiger partial charge in [-0.2, -0.15) is 0 Å². The molecule has 110 valence electrons.